The molecule has 0 radical (unpaired) electrons. The van der Waals surface area contributed by atoms with Crippen LogP contribution in [0.5, 0.6) is 34.5 Å². The van der Waals surface area contributed by atoms with E-state index in [9.17, 15) is 15.3 Å². The first kappa shape index (κ1) is 16.4. The minimum absolute atomic E-state index is 0.394. The Morgan fingerprint density at radius 3 is 1.52 bits per heavy atom. The molecule has 0 aliphatic heterocycles. The van der Waals surface area contributed by atoms with Crippen LogP contribution in [0, 0.1) is 0 Å². The standard InChI is InChI=1S/C17H18O6/c1-21-14-8-11(9-15(22-2)17(14)23-3)5-4-10-6-12(18)16(20)13(19)7-10/h4-9,18-20H,1-3H3. The molecule has 0 amide bonds. The Kier molecular flexibility index (Phi) is 4.85. The van der Waals surface area contributed by atoms with Crippen molar-refractivity contribution in [3.05, 3.63) is 35.4 Å². The van der Waals surface area contributed by atoms with Gasteiger partial charge in [-0.25, -0.2) is 0 Å². The van der Waals surface area contributed by atoms with Crippen LogP contribution < -0.4 is 14.2 Å². The second-order valence-corrected chi connectivity index (χ2v) is 4.70. The van der Waals surface area contributed by atoms with Gasteiger partial charge in [0.2, 0.25) is 5.75 Å². The SMILES string of the molecule is COc1cc(C=Cc2cc(O)c(O)c(O)c2)cc(OC)c1OC. The van der Waals surface area contributed by atoms with E-state index in [-0.39, 0.29) is 0 Å². The Labute approximate surface area is 133 Å². The maximum absolute atomic E-state index is 9.51. The van der Waals surface area contributed by atoms with E-state index in [4.69, 9.17) is 14.2 Å². The van der Waals surface area contributed by atoms with Crippen LogP contribution >= 0.6 is 0 Å². The molecule has 23 heavy (non-hydrogen) atoms. The number of phenolic OH excluding ortho intramolecular Hbond substituents is 3. The van der Waals surface area contributed by atoms with Gasteiger partial charge in [-0.1, -0.05) is 12.2 Å². The lowest BCUT2D eigenvalue weighted by Crippen LogP contribution is -1.95. The largest absolute Gasteiger partial charge is 0.504 e. The van der Waals surface area contributed by atoms with Gasteiger partial charge in [-0.2, -0.15) is 0 Å². The molecule has 2 rings (SSSR count). The normalized spacial score (nSPS) is 10.7. The molecule has 6 heteroatoms. The van der Waals surface area contributed by atoms with Gasteiger partial charge >= 0.3 is 0 Å². The fourth-order valence-corrected chi connectivity index (χ4v) is 2.11. The highest BCUT2D eigenvalue weighted by Crippen LogP contribution is 2.39. The summed E-state index contributed by atoms with van der Waals surface area (Å²) < 4.78 is 15.8. The van der Waals surface area contributed by atoms with Crippen molar-refractivity contribution < 1.29 is 29.5 Å². The van der Waals surface area contributed by atoms with Crippen LogP contribution in [0.15, 0.2) is 24.3 Å². The van der Waals surface area contributed by atoms with E-state index in [0.717, 1.165) is 5.56 Å². The number of rotatable bonds is 5. The van der Waals surface area contributed by atoms with Gasteiger partial charge in [0, 0.05) is 0 Å². The van der Waals surface area contributed by atoms with Crippen LogP contribution in [-0.2, 0) is 0 Å². The van der Waals surface area contributed by atoms with Crippen molar-refractivity contribution in [1.29, 1.82) is 0 Å². The minimum atomic E-state index is -0.546. The van der Waals surface area contributed by atoms with Gasteiger partial charge < -0.3 is 29.5 Å². The van der Waals surface area contributed by atoms with E-state index >= 15 is 0 Å². The van der Waals surface area contributed by atoms with Crippen LogP contribution in [0.3, 0.4) is 0 Å². The van der Waals surface area contributed by atoms with E-state index < -0.39 is 17.2 Å². The van der Waals surface area contributed by atoms with E-state index in [0.29, 0.717) is 22.8 Å². The smallest absolute Gasteiger partial charge is 0.203 e. The predicted octanol–water partition coefficient (Wildman–Crippen LogP) is 3.00. The first-order valence-corrected chi connectivity index (χ1v) is 6.73. The van der Waals surface area contributed by atoms with Gasteiger partial charge in [-0.05, 0) is 35.4 Å². The molecule has 0 bridgehead atoms. The summed E-state index contributed by atoms with van der Waals surface area (Å²) in [5.74, 6) is 0.192. The molecule has 0 saturated carbocycles. The Hall–Kier alpha value is -3.02. The molecule has 2 aromatic rings. The number of hydrogen-bond donors (Lipinski definition) is 3. The molecular weight excluding hydrogens is 300 g/mol. The molecule has 0 aliphatic carbocycles. The zero-order valence-corrected chi connectivity index (χ0v) is 13.0. The first-order valence-electron chi connectivity index (χ1n) is 6.73. The van der Waals surface area contributed by atoms with E-state index in [1.165, 1.54) is 33.5 Å². The lowest BCUT2D eigenvalue weighted by atomic mass is 10.1. The fourth-order valence-electron chi connectivity index (χ4n) is 2.11. The molecule has 3 N–H and O–H groups in total. The molecule has 0 heterocycles. The number of benzene rings is 2. The van der Waals surface area contributed by atoms with Crippen molar-refractivity contribution in [2.45, 2.75) is 0 Å². The Balaban J connectivity index is 2.40. The summed E-state index contributed by atoms with van der Waals surface area (Å²) in [6.45, 7) is 0. The fraction of sp³-hybridized carbons (Fsp3) is 0.176. The van der Waals surface area contributed by atoms with Crippen molar-refractivity contribution in [1.82, 2.24) is 0 Å². The van der Waals surface area contributed by atoms with Gasteiger partial charge in [0.05, 0.1) is 21.3 Å². The lowest BCUT2D eigenvalue weighted by molar-refractivity contribution is 0.324. The highest BCUT2D eigenvalue weighted by Gasteiger charge is 2.12. The second kappa shape index (κ2) is 6.83. The number of ether oxygens (including phenoxy) is 3. The molecule has 6 nitrogen and oxygen atoms in total. The van der Waals surface area contributed by atoms with Crippen molar-refractivity contribution in [3.63, 3.8) is 0 Å². The maximum Gasteiger partial charge on any atom is 0.203 e. The van der Waals surface area contributed by atoms with E-state index in [1.54, 1.807) is 24.3 Å². The van der Waals surface area contributed by atoms with Crippen LogP contribution in [-0.4, -0.2) is 36.6 Å². The van der Waals surface area contributed by atoms with Gasteiger partial charge in [-0.15, -0.1) is 0 Å². The van der Waals surface area contributed by atoms with Gasteiger partial charge in [0.25, 0.3) is 0 Å². The van der Waals surface area contributed by atoms with Crippen molar-refractivity contribution >= 4 is 12.2 Å². The van der Waals surface area contributed by atoms with E-state index in [2.05, 4.69) is 0 Å². The highest BCUT2D eigenvalue weighted by molar-refractivity contribution is 5.74. The van der Waals surface area contributed by atoms with Crippen LogP contribution in [0.4, 0.5) is 0 Å². The second-order valence-electron chi connectivity index (χ2n) is 4.70. The zero-order chi connectivity index (χ0) is 17.0. The Morgan fingerprint density at radius 2 is 1.13 bits per heavy atom. The van der Waals surface area contributed by atoms with Gasteiger partial charge in [0.15, 0.2) is 28.7 Å². The Morgan fingerprint density at radius 1 is 0.696 bits per heavy atom. The van der Waals surface area contributed by atoms with Gasteiger partial charge in [-0.3, -0.25) is 0 Å². The average molecular weight is 318 g/mol. The Bertz CT molecular complexity index is 688. The van der Waals surface area contributed by atoms with Crippen molar-refractivity contribution in [2.24, 2.45) is 0 Å². The number of phenols is 3. The van der Waals surface area contributed by atoms with Crippen molar-refractivity contribution in [3.8, 4) is 34.5 Å². The van der Waals surface area contributed by atoms with Crippen molar-refractivity contribution in [2.75, 3.05) is 21.3 Å². The number of aromatic hydroxyl groups is 3. The first-order chi connectivity index (χ1) is 11.0. The lowest BCUT2D eigenvalue weighted by Gasteiger charge is -2.12. The zero-order valence-electron chi connectivity index (χ0n) is 13.0. The summed E-state index contributed by atoms with van der Waals surface area (Å²) in [5.41, 5.74) is 1.29. The third-order valence-electron chi connectivity index (χ3n) is 3.25. The summed E-state index contributed by atoms with van der Waals surface area (Å²) in [6, 6.07) is 6.20. The summed E-state index contributed by atoms with van der Waals surface area (Å²) >= 11 is 0. The monoisotopic (exact) mass is 318 g/mol. The molecule has 0 aromatic heterocycles. The third kappa shape index (κ3) is 3.42. The van der Waals surface area contributed by atoms with Crippen LogP contribution in [0.25, 0.3) is 12.2 Å². The average Bonchev–Trinajstić information content (AvgIpc) is 2.56. The molecule has 0 fully saturated rings. The maximum atomic E-state index is 9.51. The number of methoxy groups -OCH3 is 3. The molecule has 0 atom stereocenters. The minimum Gasteiger partial charge on any atom is -0.504 e. The molecule has 0 unspecified atom stereocenters. The molecule has 0 saturated heterocycles. The summed E-state index contributed by atoms with van der Waals surface area (Å²) in [5, 5.41) is 28.4. The molecule has 122 valence electrons. The van der Waals surface area contributed by atoms with Crippen LogP contribution in [0.2, 0.25) is 0 Å². The number of hydrogen-bond acceptors (Lipinski definition) is 6. The quantitative estimate of drug-likeness (QED) is 0.580. The van der Waals surface area contributed by atoms with Gasteiger partial charge in [0.1, 0.15) is 0 Å². The molecule has 0 spiro atoms. The topological polar surface area (TPSA) is 88.4 Å². The third-order valence-corrected chi connectivity index (χ3v) is 3.25. The molecule has 0 aliphatic rings. The molecular formula is C17H18O6. The summed E-state index contributed by atoms with van der Waals surface area (Å²) in [6.07, 6.45) is 3.41. The molecule has 2 aromatic carbocycles. The van der Waals surface area contributed by atoms with Crippen LogP contribution in [0.1, 0.15) is 11.1 Å². The summed E-state index contributed by atoms with van der Waals surface area (Å²) in [7, 11) is 4.58. The van der Waals surface area contributed by atoms with E-state index in [1.807, 2.05) is 0 Å². The highest BCUT2D eigenvalue weighted by atomic mass is 16.5. The summed E-state index contributed by atoms with van der Waals surface area (Å²) in [4.78, 5) is 0. The predicted molar refractivity (Wildman–Crippen MR) is 86.5 cm³/mol.